The molecule has 0 saturated heterocycles. The highest BCUT2D eigenvalue weighted by molar-refractivity contribution is 5.97. The van der Waals surface area contributed by atoms with Gasteiger partial charge in [0.15, 0.2) is 5.78 Å². The molecule has 3 heteroatoms. The van der Waals surface area contributed by atoms with E-state index in [0.29, 0.717) is 12.1 Å². The van der Waals surface area contributed by atoms with Gasteiger partial charge in [-0.2, -0.15) is 0 Å². The van der Waals surface area contributed by atoms with Crippen molar-refractivity contribution in [2.75, 3.05) is 6.54 Å². The van der Waals surface area contributed by atoms with Gasteiger partial charge in [0.25, 0.3) is 0 Å². The Kier molecular flexibility index (Phi) is 4.43. The van der Waals surface area contributed by atoms with Crippen molar-refractivity contribution >= 4 is 5.78 Å². The molecule has 82 valence electrons. The molecule has 1 atom stereocenters. The van der Waals surface area contributed by atoms with Gasteiger partial charge in [-0.3, -0.25) is 9.78 Å². The van der Waals surface area contributed by atoms with Gasteiger partial charge in [0.2, 0.25) is 0 Å². The van der Waals surface area contributed by atoms with Crippen molar-refractivity contribution in [2.45, 2.75) is 26.7 Å². The molecule has 0 bridgehead atoms. The van der Waals surface area contributed by atoms with Crippen molar-refractivity contribution in [3.63, 3.8) is 0 Å². The number of nitrogens with zero attached hydrogens (tertiary/aromatic N) is 1. The number of carbonyl (C=O) groups excluding carboxylic acids is 1. The topological polar surface area (TPSA) is 56.0 Å². The Morgan fingerprint density at radius 3 is 2.80 bits per heavy atom. The average molecular weight is 206 g/mol. The molecular weight excluding hydrogens is 188 g/mol. The van der Waals surface area contributed by atoms with Crippen molar-refractivity contribution in [2.24, 2.45) is 11.7 Å². The Labute approximate surface area is 90.7 Å². The fraction of sp³-hybridized carbons (Fsp3) is 0.500. The zero-order valence-corrected chi connectivity index (χ0v) is 9.36. The van der Waals surface area contributed by atoms with E-state index in [-0.39, 0.29) is 11.7 Å². The van der Waals surface area contributed by atoms with E-state index in [1.807, 2.05) is 26.0 Å². The van der Waals surface area contributed by atoms with Crippen LogP contribution in [0.5, 0.6) is 0 Å². The van der Waals surface area contributed by atoms with Crippen LogP contribution in [0.25, 0.3) is 0 Å². The van der Waals surface area contributed by atoms with Crippen LogP contribution in [0.15, 0.2) is 18.3 Å². The van der Waals surface area contributed by atoms with Crippen molar-refractivity contribution < 1.29 is 4.79 Å². The lowest BCUT2D eigenvalue weighted by molar-refractivity contribution is 0.0923. The molecule has 15 heavy (non-hydrogen) atoms. The van der Waals surface area contributed by atoms with Gasteiger partial charge in [0.05, 0.1) is 0 Å². The van der Waals surface area contributed by atoms with Gasteiger partial charge in [0.1, 0.15) is 0 Å². The number of hydrogen-bond acceptors (Lipinski definition) is 3. The largest absolute Gasteiger partial charge is 0.330 e. The quantitative estimate of drug-likeness (QED) is 0.749. The first-order valence-electron chi connectivity index (χ1n) is 5.32. The van der Waals surface area contributed by atoms with E-state index in [4.69, 9.17) is 5.73 Å². The lowest BCUT2D eigenvalue weighted by Crippen LogP contribution is -2.13. The zero-order chi connectivity index (χ0) is 11.3. The molecule has 0 saturated carbocycles. The third-order valence-electron chi connectivity index (χ3n) is 2.48. The van der Waals surface area contributed by atoms with Gasteiger partial charge in [-0.05, 0) is 38.4 Å². The Morgan fingerprint density at radius 1 is 1.53 bits per heavy atom. The van der Waals surface area contributed by atoms with E-state index in [2.05, 4.69) is 4.98 Å². The Hall–Kier alpha value is -1.22. The van der Waals surface area contributed by atoms with Gasteiger partial charge in [-0.15, -0.1) is 0 Å². The second-order valence-corrected chi connectivity index (χ2v) is 3.88. The number of Topliss-reactive ketones (excluding diaryl/α,β-unsaturated/α-hetero) is 1. The molecule has 0 aromatic carbocycles. The van der Waals surface area contributed by atoms with Gasteiger partial charge < -0.3 is 5.73 Å². The van der Waals surface area contributed by atoms with Crippen LogP contribution in [-0.4, -0.2) is 17.3 Å². The van der Waals surface area contributed by atoms with Gasteiger partial charge >= 0.3 is 0 Å². The predicted octanol–water partition coefficient (Wildman–Crippen LogP) is 1.95. The van der Waals surface area contributed by atoms with Crippen LogP contribution >= 0.6 is 0 Å². The first-order chi connectivity index (χ1) is 7.15. The van der Waals surface area contributed by atoms with E-state index in [0.717, 1.165) is 18.5 Å². The molecule has 1 rings (SSSR count). The van der Waals surface area contributed by atoms with Crippen LogP contribution < -0.4 is 5.73 Å². The van der Waals surface area contributed by atoms with E-state index in [1.54, 1.807) is 6.20 Å². The highest BCUT2D eigenvalue weighted by atomic mass is 16.1. The SMILES string of the molecule is Cc1ccc(C(=O)C(C)CCCN)cn1. The smallest absolute Gasteiger partial charge is 0.167 e. The molecule has 1 unspecified atom stereocenters. The second kappa shape index (κ2) is 5.61. The summed E-state index contributed by atoms with van der Waals surface area (Å²) in [7, 11) is 0. The molecule has 2 N–H and O–H groups in total. The van der Waals surface area contributed by atoms with Crippen LogP contribution in [0.2, 0.25) is 0 Å². The fourth-order valence-corrected chi connectivity index (χ4v) is 1.45. The molecule has 0 amide bonds. The Balaban J connectivity index is 2.63. The Bertz CT molecular complexity index is 319. The third kappa shape index (κ3) is 3.44. The summed E-state index contributed by atoms with van der Waals surface area (Å²) in [5.74, 6) is 0.203. The van der Waals surface area contributed by atoms with Crippen molar-refractivity contribution in [3.8, 4) is 0 Å². The van der Waals surface area contributed by atoms with Crippen molar-refractivity contribution in [1.82, 2.24) is 4.98 Å². The lowest BCUT2D eigenvalue weighted by Gasteiger charge is -2.09. The number of hydrogen-bond donors (Lipinski definition) is 1. The molecule has 0 spiro atoms. The maximum Gasteiger partial charge on any atom is 0.167 e. The number of aromatic nitrogens is 1. The molecule has 3 nitrogen and oxygen atoms in total. The van der Waals surface area contributed by atoms with Gasteiger partial charge in [-0.1, -0.05) is 6.92 Å². The average Bonchev–Trinajstić information content (AvgIpc) is 2.26. The summed E-state index contributed by atoms with van der Waals surface area (Å²) in [4.78, 5) is 16.0. The highest BCUT2D eigenvalue weighted by Gasteiger charge is 2.14. The van der Waals surface area contributed by atoms with Crippen molar-refractivity contribution in [1.29, 1.82) is 0 Å². The van der Waals surface area contributed by atoms with Crippen LogP contribution in [0.4, 0.5) is 0 Å². The van der Waals surface area contributed by atoms with E-state index in [9.17, 15) is 4.79 Å². The normalized spacial score (nSPS) is 12.5. The summed E-state index contributed by atoms with van der Waals surface area (Å²) in [5, 5.41) is 0. The van der Waals surface area contributed by atoms with Crippen molar-refractivity contribution in [3.05, 3.63) is 29.6 Å². The second-order valence-electron chi connectivity index (χ2n) is 3.88. The monoisotopic (exact) mass is 206 g/mol. The Morgan fingerprint density at radius 2 is 2.27 bits per heavy atom. The molecule has 1 heterocycles. The summed E-state index contributed by atoms with van der Waals surface area (Å²) in [6.07, 6.45) is 3.39. The molecule has 1 aromatic heterocycles. The number of carbonyl (C=O) groups is 1. The summed E-state index contributed by atoms with van der Waals surface area (Å²) >= 11 is 0. The number of pyridine rings is 1. The van der Waals surface area contributed by atoms with Crippen LogP contribution in [0, 0.1) is 12.8 Å². The summed E-state index contributed by atoms with van der Waals surface area (Å²) < 4.78 is 0. The first-order valence-corrected chi connectivity index (χ1v) is 5.32. The molecule has 0 aliphatic rings. The summed E-state index contributed by atoms with van der Waals surface area (Å²) in [6.45, 7) is 4.49. The van der Waals surface area contributed by atoms with Crippen LogP contribution in [0.3, 0.4) is 0 Å². The first kappa shape index (κ1) is 11.9. The molecular formula is C12H18N2O. The molecule has 0 fully saturated rings. The van der Waals surface area contributed by atoms with E-state index >= 15 is 0 Å². The number of ketones is 1. The van der Waals surface area contributed by atoms with Crippen LogP contribution in [0.1, 0.15) is 35.8 Å². The zero-order valence-electron chi connectivity index (χ0n) is 9.36. The molecule has 1 aromatic rings. The highest BCUT2D eigenvalue weighted by Crippen LogP contribution is 2.13. The van der Waals surface area contributed by atoms with E-state index < -0.39 is 0 Å². The lowest BCUT2D eigenvalue weighted by atomic mass is 9.96. The van der Waals surface area contributed by atoms with Gasteiger partial charge in [-0.25, -0.2) is 0 Å². The fourth-order valence-electron chi connectivity index (χ4n) is 1.45. The van der Waals surface area contributed by atoms with Crippen LogP contribution in [-0.2, 0) is 0 Å². The standard InChI is InChI=1S/C12H18N2O/c1-9(4-3-7-13)12(15)11-6-5-10(2)14-8-11/h5-6,8-9H,3-4,7,13H2,1-2H3. The predicted molar refractivity (Wildman–Crippen MR) is 60.8 cm³/mol. The number of rotatable bonds is 5. The third-order valence-corrected chi connectivity index (χ3v) is 2.48. The minimum atomic E-state index is 0.0399. The van der Waals surface area contributed by atoms with Gasteiger partial charge in [0, 0.05) is 23.4 Å². The number of aryl methyl sites for hydroxylation is 1. The van der Waals surface area contributed by atoms with E-state index in [1.165, 1.54) is 0 Å². The summed E-state index contributed by atoms with van der Waals surface area (Å²) in [6, 6.07) is 3.70. The maximum absolute atomic E-state index is 11.9. The molecule has 0 radical (unpaired) electrons. The summed E-state index contributed by atoms with van der Waals surface area (Å²) in [5.41, 5.74) is 7.04. The maximum atomic E-state index is 11.9. The number of nitrogens with two attached hydrogens (primary N) is 1. The minimum absolute atomic E-state index is 0.0399. The molecule has 0 aliphatic carbocycles. The molecule has 0 aliphatic heterocycles. The minimum Gasteiger partial charge on any atom is -0.330 e.